The van der Waals surface area contributed by atoms with Crippen molar-refractivity contribution in [1.29, 1.82) is 0 Å². The van der Waals surface area contributed by atoms with Crippen LogP contribution >= 0.6 is 0 Å². The number of fused-ring (bicyclic) bond motifs is 1. The first kappa shape index (κ1) is 12.0. The Labute approximate surface area is 101 Å². The van der Waals surface area contributed by atoms with Crippen LogP contribution in [0.2, 0.25) is 0 Å². The molecule has 3 nitrogen and oxygen atoms in total. The molecule has 2 heterocycles. The van der Waals surface area contributed by atoms with E-state index in [1.54, 1.807) is 6.92 Å². The molecule has 17 heavy (non-hydrogen) atoms. The van der Waals surface area contributed by atoms with Crippen molar-refractivity contribution in [1.82, 2.24) is 14.5 Å². The maximum absolute atomic E-state index is 13.2. The number of halogens is 1. The summed E-state index contributed by atoms with van der Waals surface area (Å²) in [5.41, 5.74) is 2.65. The topological polar surface area (TPSA) is 30.7 Å². The van der Waals surface area contributed by atoms with Gasteiger partial charge in [0.25, 0.3) is 0 Å². The summed E-state index contributed by atoms with van der Waals surface area (Å²) in [7, 11) is 0. The predicted molar refractivity (Wildman–Crippen MR) is 66.9 cm³/mol. The van der Waals surface area contributed by atoms with Crippen molar-refractivity contribution in [3.63, 3.8) is 0 Å². The van der Waals surface area contributed by atoms with Gasteiger partial charge >= 0.3 is 0 Å². The Morgan fingerprint density at radius 3 is 2.53 bits per heavy atom. The highest BCUT2D eigenvalue weighted by atomic mass is 19.1. The van der Waals surface area contributed by atoms with Crippen LogP contribution in [0, 0.1) is 6.92 Å². The monoisotopic (exact) mass is 235 g/mol. The van der Waals surface area contributed by atoms with Crippen molar-refractivity contribution in [2.75, 3.05) is 0 Å². The van der Waals surface area contributed by atoms with E-state index in [9.17, 15) is 4.39 Å². The quantitative estimate of drug-likeness (QED) is 0.817. The summed E-state index contributed by atoms with van der Waals surface area (Å²) < 4.78 is 15.0. The highest BCUT2D eigenvalue weighted by Crippen LogP contribution is 2.19. The summed E-state index contributed by atoms with van der Waals surface area (Å²) >= 11 is 0. The largest absolute Gasteiger partial charge is 0.310 e. The van der Waals surface area contributed by atoms with Gasteiger partial charge < -0.3 is 4.57 Å². The Balaban J connectivity index is 2.56. The van der Waals surface area contributed by atoms with E-state index in [0.717, 1.165) is 22.7 Å². The molecule has 92 valence electrons. The molecule has 0 amide bonds. The third-order valence-electron chi connectivity index (χ3n) is 2.83. The van der Waals surface area contributed by atoms with E-state index >= 15 is 0 Å². The lowest BCUT2D eigenvalue weighted by Crippen LogP contribution is -2.10. The van der Waals surface area contributed by atoms with E-state index in [2.05, 4.69) is 23.8 Å². The van der Waals surface area contributed by atoms with E-state index < -0.39 is 6.17 Å². The van der Waals surface area contributed by atoms with Crippen LogP contribution in [0.25, 0.3) is 11.2 Å². The van der Waals surface area contributed by atoms with Gasteiger partial charge in [-0.2, -0.15) is 0 Å². The Morgan fingerprint density at radius 1 is 1.24 bits per heavy atom. The minimum absolute atomic E-state index is 0.316. The van der Waals surface area contributed by atoms with Gasteiger partial charge in [-0.15, -0.1) is 0 Å². The van der Waals surface area contributed by atoms with Gasteiger partial charge in [0.1, 0.15) is 17.5 Å². The first-order valence-electron chi connectivity index (χ1n) is 5.97. The van der Waals surface area contributed by atoms with Crippen LogP contribution < -0.4 is 0 Å². The van der Waals surface area contributed by atoms with Crippen LogP contribution in [0.4, 0.5) is 4.39 Å². The number of rotatable bonds is 3. The van der Waals surface area contributed by atoms with Crippen LogP contribution in [0.5, 0.6) is 0 Å². The number of hydrogen-bond donors (Lipinski definition) is 0. The van der Waals surface area contributed by atoms with Crippen LogP contribution in [-0.2, 0) is 6.54 Å². The number of nitrogens with zero attached hydrogens (tertiary/aromatic N) is 3. The standard InChI is InChI=1S/C13H18FN3/c1-8(2)11-5-6-12-13(16-11)17(7-9(3)14)10(4)15-12/h5-6,8-9H,7H2,1-4H3. The number of imidazole rings is 1. The molecule has 1 atom stereocenters. The highest BCUT2D eigenvalue weighted by molar-refractivity contribution is 5.71. The second-order valence-electron chi connectivity index (χ2n) is 4.78. The van der Waals surface area contributed by atoms with Crippen LogP contribution in [-0.4, -0.2) is 20.7 Å². The van der Waals surface area contributed by atoms with Gasteiger partial charge in [0.05, 0.1) is 6.54 Å². The minimum Gasteiger partial charge on any atom is -0.310 e. The molecule has 0 aliphatic carbocycles. The van der Waals surface area contributed by atoms with Gasteiger partial charge in [-0.3, -0.25) is 0 Å². The zero-order chi connectivity index (χ0) is 12.6. The fourth-order valence-electron chi connectivity index (χ4n) is 1.92. The Kier molecular flexibility index (Phi) is 3.13. The van der Waals surface area contributed by atoms with E-state index in [1.165, 1.54) is 0 Å². The molecular formula is C13H18FN3. The van der Waals surface area contributed by atoms with Gasteiger partial charge in [0.15, 0.2) is 5.65 Å². The van der Waals surface area contributed by atoms with Crippen molar-refractivity contribution < 1.29 is 4.39 Å². The van der Waals surface area contributed by atoms with Gasteiger partial charge in [-0.05, 0) is 31.9 Å². The number of alkyl halides is 1. The SMILES string of the molecule is Cc1nc2ccc(C(C)C)nc2n1CC(C)F. The summed E-state index contributed by atoms with van der Waals surface area (Å²) in [4.78, 5) is 8.98. The summed E-state index contributed by atoms with van der Waals surface area (Å²) in [5.74, 6) is 1.18. The normalized spacial score (nSPS) is 13.5. The maximum Gasteiger partial charge on any atom is 0.160 e. The molecule has 2 aromatic heterocycles. The maximum atomic E-state index is 13.2. The molecule has 2 rings (SSSR count). The Bertz CT molecular complexity index is 529. The second-order valence-corrected chi connectivity index (χ2v) is 4.78. The summed E-state index contributed by atoms with van der Waals surface area (Å²) in [6, 6.07) is 3.95. The summed E-state index contributed by atoms with van der Waals surface area (Å²) in [5, 5.41) is 0. The average Bonchev–Trinajstić information content (AvgIpc) is 2.54. The Morgan fingerprint density at radius 2 is 1.94 bits per heavy atom. The molecule has 0 radical (unpaired) electrons. The lowest BCUT2D eigenvalue weighted by Gasteiger charge is -2.08. The van der Waals surface area contributed by atoms with Crippen molar-refractivity contribution in [2.24, 2.45) is 0 Å². The summed E-state index contributed by atoms with van der Waals surface area (Å²) in [6.07, 6.45) is -0.893. The molecule has 0 fully saturated rings. The first-order valence-corrected chi connectivity index (χ1v) is 5.97. The molecule has 0 bridgehead atoms. The van der Waals surface area contributed by atoms with Crippen molar-refractivity contribution in [3.8, 4) is 0 Å². The van der Waals surface area contributed by atoms with E-state index in [1.807, 2.05) is 23.6 Å². The molecule has 0 spiro atoms. The molecule has 0 aliphatic rings. The van der Waals surface area contributed by atoms with Crippen molar-refractivity contribution >= 4 is 11.2 Å². The molecule has 1 unspecified atom stereocenters. The first-order chi connectivity index (χ1) is 7.99. The lowest BCUT2D eigenvalue weighted by molar-refractivity contribution is 0.321. The van der Waals surface area contributed by atoms with Gasteiger partial charge in [0, 0.05) is 5.69 Å². The molecule has 0 saturated heterocycles. The fourth-order valence-corrected chi connectivity index (χ4v) is 1.92. The number of hydrogen-bond acceptors (Lipinski definition) is 2. The molecule has 0 aromatic carbocycles. The second kappa shape index (κ2) is 4.43. The molecule has 0 aliphatic heterocycles. The Hall–Kier alpha value is -1.45. The molecule has 0 N–H and O–H groups in total. The van der Waals surface area contributed by atoms with Crippen LogP contribution in [0.3, 0.4) is 0 Å². The molecular weight excluding hydrogens is 217 g/mol. The van der Waals surface area contributed by atoms with E-state index in [4.69, 9.17) is 0 Å². The van der Waals surface area contributed by atoms with Gasteiger partial charge in [-0.1, -0.05) is 13.8 Å². The fraction of sp³-hybridized carbons (Fsp3) is 0.538. The van der Waals surface area contributed by atoms with E-state index in [0.29, 0.717) is 12.5 Å². The third-order valence-corrected chi connectivity index (χ3v) is 2.83. The molecule has 0 saturated carbocycles. The molecule has 4 heteroatoms. The van der Waals surface area contributed by atoms with Crippen LogP contribution in [0.15, 0.2) is 12.1 Å². The average molecular weight is 235 g/mol. The van der Waals surface area contributed by atoms with Crippen molar-refractivity contribution in [3.05, 3.63) is 23.7 Å². The van der Waals surface area contributed by atoms with E-state index in [-0.39, 0.29) is 0 Å². The van der Waals surface area contributed by atoms with Crippen molar-refractivity contribution in [2.45, 2.75) is 46.3 Å². The zero-order valence-electron chi connectivity index (χ0n) is 10.7. The van der Waals surface area contributed by atoms with Crippen LogP contribution in [0.1, 0.15) is 38.2 Å². The van der Waals surface area contributed by atoms with Gasteiger partial charge in [-0.25, -0.2) is 14.4 Å². The smallest absolute Gasteiger partial charge is 0.160 e. The lowest BCUT2D eigenvalue weighted by atomic mass is 10.1. The third kappa shape index (κ3) is 2.30. The summed E-state index contributed by atoms with van der Waals surface area (Å²) in [6.45, 7) is 7.95. The molecule has 2 aromatic rings. The highest BCUT2D eigenvalue weighted by Gasteiger charge is 2.12. The minimum atomic E-state index is -0.893. The zero-order valence-corrected chi connectivity index (χ0v) is 10.7. The predicted octanol–water partition coefficient (Wildman–Crippen LogP) is 3.22. The van der Waals surface area contributed by atoms with Gasteiger partial charge in [0.2, 0.25) is 0 Å². The number of aryl methyl sites for hydroxylation is 1. The number of aromatic nitrogens is 3. The number of pyridine rings is 1.